The predicted molar refractivity (Wildman–Crippen MR) is 111 cm³/mol. The predicted octanol–water partition coefficient (Wildman–Crippen LogP) is 2.92. The molecular weight excluding hydrogens is 338 g/mol. The summed E-state index contributed by atoms with van der Waals surface area (Å²) in [5, 5.41) is 0. The van der Waals surface area contributed by atoms with Crippen molar-refractivity contribution < 1.29 is 9.53 Å². The highest BCUT2D eigenvalue weighted by Gasteiger charge is 2.35. The van der Waals surface area contributed by atoms with Gasteiger partial charge in [-0.1, -0.05) is 26.0 Å². The SMILES string of the molecule is COc1ccc(C(C(=O)N2CC(C)N(CCN(C)C)C(C)C2)C(C)C)cc1. The van der Waals surface area contributed by atoms with Gasteiger partial charge in [0.25, 0.3) is 0 Å². The van der Waals surface area contributed by atoms with Crippen molar-refractivity contribution in [3.05, 3.63) is 29.8 Å². The van der Waals surface area contributed by atoms with E-state index in [0.717, 1.165) is 37.5 Å². The van der Waals surface area contributed by atoms with Crippen molar-refractivity contribution in [3.8, 4) is 5.75 Å². The standard InChI is InChI=1S/C22H37N3O2/c1-16(2)21(19-8-10-20(27-7)11-9-19)22(26)24-14-17(3)25(18(4)15-24)13-12-23(5)6/h8-11,16-18,21H,12-15H2,1-7H3. The summed E-state index contributed by atoms with van der Waals surface area (Å²) in [7, 11) is 5.88. The summed E-state index contributed by atoms with van der Waals surface area (Å²) < 4.78 is 5.26. The zero-order valence-corrected chi connectivity index (χ0v) is 18.1. The highest BCUT2D eigenvalue weighted by molar-refractivity contribution is 5.84. The van der Waals surface area contributed by atoms with Crippen molar-refractivity contribution in [1.82, 2.24) is 14.7 Å². The molecule has 1 aliphatic heterocycles. The van der Waals surface area contributed by atoms with Crippen LogP contribution in [0.1, 0.15) is 39.2 Å². The molecule has 0 aliphatic carbocycles. The molecule has 3 unspecified atom stereocenters. The van der Waals surface area contributed by atoms with Crippen molar-refractivity contribution in [2.75, 3.05) is 47.4 Å². The fraction of sp³-hybridized carbons (Fsp3) is 0.682. The summed E-state index contributed by atoms with van der Waals surface area (Å²) in [6.07, 6.45) is 0. The molecule has 0 N–H and O–H groups in total. The fourth-order valence-electron chi connectivity index (χ4n) is 4.11. The average molecular weight is 376 g/mol. The summed E-state index contributed by atoms with van der Waals surface area (Å²) in [6, 6.07) is 8.70. The number of amides is 1. The summed E-state index contributed by atoms with van der Waals surface area (Å²) >= 11 is 0. The molecule has 1 saturated heterocycles. The molecule has 1 amide bonds. The third-order valence-electron chi connectivity index (χ3n) is 5.63. The van der Waals surface area contributed by atoms with E-state index < -0.39 is 0 Å². The van der Waals surface area contributed by atoms with E-state index in [0.29, 0.717) is 12.1 Å². The first-order valence-corrected chi connectivity index (χ1v) is 10.1. The lowest BCUT2D eigenvalue weighted by Gasteiger charge is -2.46. The van der Waals surface area contributed by atoms with Crippen LogP contribution in [0.15, 0.2) is 24.3 Å². The Bertz CT molecular complexity index is 588. The summed E-state index contributed by atoms with van der Waals surface area (Å²) in [5.74, 6) is 1.22. The number of ether oxygens (including phenoxy) is 1. The molecule has 0 aromatic heterocycles. The maximum absolute atomic E-state index is 13.4. The Morgan fingerprint density at radius 2 is 1.70 bits per heavy atom. The van der Waals surface area contributed by atoms with Gasteiger partial charge in [-0.2, -0.15) is 0 Å². The zero-order chi connectivity index (χ0) is 20.1. The topological polar surface area (TPSA) is 36.0 Å². The molecule has 1 aliphatic rings. The van der Waals surface area contributed by atoms with E-state index in [9.17, 15) is 4.79 Å². The number of carbonyl (C=O) groups is 1. The molecule has 5 nitrogen and oxygen atoms in total. The minimum absolute atomic E-state index is 0.108. The van der Waals surface area contributed by atoms with Crippen LogP contribution < -0.4 is 4.74 Å². The second-order valence-electron chi connectivity index (χ2n) is 8.48. The Morgan fingerprint density at radius 3 is 2.15 bits per heavy atom. The summed E-state index contributed by atoms with van der Waals surface area (Å²) in [4.78, 5) is 20.3. The Kier molecular flexibility index (Phi) is 7.68. The monoisotopic (exact) mass is 375 g/mol. The lowest BCUT2D eigenvalue weighted by molar-refractivity contribution is -0.138. The highest BCUT2D eigenvalue weighted by Crippen LogP contribution is 2.30. The van der Waals surface area contributed by atoms with Crippen molar-refractivity contribution in [3.63, 3.8) is 0 Å². The number of nitrogens with zero attached hydrogens (tertiary/aromatic N) is 3. The first kappa shape index (κ1) is 21.7. The van der Waals surface area contributed by atoms with Gasteiger partial charge in [0.2, 0.25) is 5.91 Å². The van der Waals surface area contributed by atoms with Gasteiger partial charge in [-0.05, 0) is 51.6 Å². The molecule has 1 aromatic carbocycles. The normalized spacial score (nSPS) is 22.3. The maximum Gasteiger partial charge on any atom is 0.230 e. The molecule has 5 heteroatoms. The largest absolute Gasteiger partial charge is 0.497 e. The lowest BCUT2D eigenvalue weighted by atomic mass is 9.86. The molecule has 0 radical (unpaired) electrons. The first-order chi connectivity index (χ1) is 12.7. The lowest BCUT2D eigenvalue weighted by Crippen LogP contribution is -2.59. The Labute approximate surface area is 165 Å². The molecule has 1 fully saturated rings. The number of hydrogen-bond donors (Lipinski definition) is 0. The quantitative estimate of drug-likeness (QED) is 0.734. The third kappa shape index (κ3) is 5.45. The van der Waals surface area contributed by atoms with Crippen molar-refractivity contribution >= 4 is 5.91 Å². The number of piperazine rings is 1. The van der Waals surface area contributed by atoms with Gasteiger partial charge in [0, 0.05) is 38.3 Å². The minimum Gasteiger partial charge on any atom is -0.497 e. The number of rotatable bonds is 7. The second kappa shape index (κ2) is 9.56. The van der Waals surface area contributed by atoms with Crippen molar-refractivity contribution in [2.45, 2.75) is 45.7 Å². The molecule has 0 saturated carbocycles. The Morgan fingerprint density at radius 1 is 1.15 bits per heavy atom. The van der Waals surface area contributed by atoms with Crippen LogP contribution in [0, 0.1) is 5.92 Å². The van der Waals surface area contributed by atoms with Crippen LogP contribution in [0.3, 0.4) is 0 Å². The molecule has 1 heterocycles. The van der Waals surface area contributed by atoms with Gasteiger partial charge >= 0.3 is 0 Å². The second-order valence-corrected chi connectivity index (χ2v) is 8.48. The summed E-state index contributed by atoms with van der Waals surface area (Å²) in [6.45, 7) is 12.4. The maximum atomic E-state index is 13.4. The van der Waals surface area contributed by atoms with Crippen LogP contribution in [0.4, 0.5) is 0 Å². The smallest absolute Gasteiger partial charge is 0.230 e. The molecule has 0 bridgehead atoms. The Balaban J connectivity index is 2.12. The number of carbonyl (C=O) groups excluding carboxylic acids is 1. The number of hydrogen-bond acceptors (Lipinski definition) is 4. The number of likely N-dealkylation sites (N-methyl/N-ethyl adjacent to an activating group) is 1. The Hall–Kier alpha value is -1.59. The van der Waals surface area contributed by atoms with E-state index in [4.69, 9.17) is 4.74 Å². The van der Waals surface area contributed by atoms with Crippen molar-refractivity contribution in [1.29, 1.82) is 0 Å². The number of benzene rings is 1. The third-order valence-corrected chi connectivity index (χ3v) is 5.63. The van der Waals surface area contributed by atoms with E-state index in [2.05, 4.69) is 56.5 Å². The van der Waals surface area contributed by atoms with Crippen LogP contribution in [-0.2, 0) is 4.79 Å². The molecule has 27 heavy (non-hydrogen) atoms. The van der Waals surface area contributed by atoms with Crippen LogP contribution in [0.5, 0.6) is 5.75 Å². The minimum atomic E-state index is -0.108. The van der Waals surface area contributed by atoms with Crippen molar-refractivity contribution in [2.24, 2.45) is 5.92 Å². The fourth-order valence-corrected chi connectivity index (χ4v) is 4.11. The van der Waals surface area contributed by atoms with Crippen LogP contribution in [0.25, 0.3) is 0 Å². The first-order valence-electron chi connectivity index (χ1n) is 10.1. The van der Waals surface area contributed by atoms with E-state index in [1.807, 2.05) is 24.3 Å². The molecule has 0 spiro atoms. The average Bonchev–Trinajstić information content (AvgIpc) is 2.61. The van der Waals surface area contributed by atoms with Gasteiger partial charge in [0.15, 0.2) is 0 Å². The van der Waals surface area contributed by atoms with Crippen LogP contribution in [0.2, 0.25) is 0 Å². The van der Waals surface area contributed by atoms with E-state index >= 15 is 0 Å². The van der Waals surface area contributed by atoms with Gasteiger partial charge in [-0.3, -0.25) is 9.69 Å². The van der Waals surface area contributed by atoms with Gasteiger partial charge in [-0.25, -0.2) is 0 Å². The molecule has 3 atom stereocenters. The molecule has 1 aromatic rings. The number of methoxy groups -OCH3 is 1. The molecule has 152 valence electrons. The van der Waals surface area contributed by atoms with E-state index in [1.54, 1.807) is 7.11 Å². The molecular formula is C22H37N3O2. The van der Waals surface area contributed by atoms with Gasteiger partial charge < -0.3 is 14.5 Å². The summed E-state index contributed by atoms with van der Waals surface area (Å²) in [5.41, 5.74) is 1.08. The zero-order valence-electron chi connectivity index (χ0n) is 18.1. The highest BCUT2D eigenvalue weighted by atomic mass is 16.5. The van der Waals surface area contributed by atoms with Crippen LogP contribution >= 0.6 is 0 Å². The molecule has 2 rings (SSSR count). The van der Waals surface area contributed by atoms with Gasteiger partial charge in [0.05, 0.1) is 13.0 Å². The van der Waals surface area contributed by atoms with Crippen LogP contribution in [-0.4, -0.2) is 80.1 Å². The van der Waals surface area contributed by atoms with Gasteiger partial charge in [0.1, 0.15) is 5.75 Å². The van der Waals surface area contributed by atoms with E-state index in [-0.39, 0.29) is 17.7 Å². The van der Waals surface area contributed by atoms with Gasteiger partial charge in [-0.15, -0.1) is 0 Å². The van der Waals surface area contributed by atoms with E-state index in [1.165, 1.54) is 0 Å².